The molecule has 0 saturated heterocycles. The van der Waals surface area contributed by atoms with Crippen LogP contribution in [-0.2, 0) is 28.6 Å². The van der Waals surface area contributed by atoms with Gasteiger partial charge in [-0.3, -0.25) is 14.4 Å². The number of carbonyl (C=O) groups excluding carboxylic acids is 3. The number of unbranched alkanes of at least 4 members (excludes halogenated alkanes) is 22. The van der Waals surface area contributed by atoms with Crippen molar-refractivity contribution in [1.82, 2.24) is 0 Å². The van der Waals surface area contributed by atoms with Gasteiger partial charge in [-0.2, -0.15) is 0 Å². The van der Waals surface area contributed by atoms with Crippen LogP contribution in [0.1, 0.15) is 252 Å². The molecule has 0 amide bonds. The molecular formula is C61H102O6. The summed E-state index contributed by atoms with van der Waals surface area (Å²) in [5.41, 5.74) is 0. The van der Waals surface area contributed by atoms with Crippen molar-refractivity contribution in [1.29, 1.82) is 0 Å². The summed E-state index contributed by atoms with van der Waals surface area (Å²) in [7, 11) is 0. The van der Waals surface area contributed by atoms with Crippen LogP contribution in [0.5, 0.6) is 0 Å². The molecule has 0 aliphatic heterocycles. The molecule has 0 heterocycles. The van der Waals surface area contributed by atoms with Crippen molar-refractivity contribution < 1.29 is 28.6 Å². The molecule has 67 heavy (non-hydrogen) atoms. The first-order valence-electron chi connectivity index (χ1n) is 27.7. The SMILES string of the molecule is CC/C=C\C/C=C\C/C=C\C/C=C\C/C=C\C/C=C\CCC(=O)OC[C@@H](COC(=O)CCCCCCC/C=C\C/C=C\CCCC)OC(=O)CCCCCCCCCCCCCCCCCC. The van der Waals surface area contributed by atoms with Crippen LogP contribution in [0, 0.1) is 0 Å². The van der Waals surface area contributed by atoms with E-state index in [1.165, 1.54) is 103 Å². The third kappa shape index (κ3) is 53.2. The monoisotopic (exact) mass is 931 g/mol. The molecule has 1 atom stereocenters. The molecule has 0 N–H and O–H groups in total. The summed E-state index contributed by atoms with van der Waals surface area (Å²) < 4.78 is 16.8. The molecule has 0 aromatic rings. The van der Waals surface area contributed by atoms with Crippen LogP contribution in [0.25, 0.3) is 0 Å². The smallest absolute Gasteiger partial charge is 0.306 e. The first-order chi connectivity index (χ1) is 33.0. The van der Waals surface area contributed by atoms with Crippen molar-refractivity contribution in [2.45, 2.75) is 258 Å². The molecule has 0 aromatic carbocycles. The van der Waals surface area contributed by atoms with Gasteiger partial charge in [-0.15, -0.1) is 0 Å². The molecule has 0 bridgehead atoms. The fourth-order valence-corrected chi connectivity index (χ4v) is 7.43. The second kappa shape index (κ2) is 54.9. The molecule has 0 unspecified atom stereocenters. The van der Waals surface area contributed by atoms with Gasteiger partial charge in [0.1, 0.15) is 13.2 Å². The Morgan fingerprint density at radius 1 is 0.313 bits per heavy atom. The number of allylic oxidation sites excluding steroid dienone is 16. The van der Waals surface area contributed by atoms with E-state index in [4.69, 9.17) is 14.2 Å². The van der Waals surface area contributed by atoms with Gasteiger partial charge < -0.3 is 14.2 Å². The summed E-state index contributed by atoms with van der Waals surface area (Å²) in [6, 6.07) is 0. The second-order valence-corrected chi connectivity index (χ2v) is 18.1. The lowest BCUT2D eigenvalue weighted by Gasteiger charge is -2.18. The minimum atomic E-state index is -0.813. The van der Waals surface area contributed by atoms with E-state index in [9.17, 15) is 14.4 Å². The van der Waals surface area contributed by atoms with Crippen molar-refractivity contribution >= 4 is 17.9 Å². The van der Waals surface area contributed by atoms with Gasteiger partial charge in [-0.25, -0.2) is 0 Å². The first kappa shape index (κ1) is 63.3. The lowest BCUT2D eigenvalue weighted by atomic mass is 10.0. The highest BCUT2D eigenvalue weighted by Crippen LogP contribution is 2.15. The molecule has 0 aliphatic rings. The zero-order valence-corrected chi connectivity index (χ0v) is 43.6. The van der Waals surface area contributed by atoms with Gasteiger partial charge in [0.05, 0.1) is 0 Å². The minimum Gasteiger partial charge on any atom is -0.462 e. The Bertz CT molecular complexity index is 1350. The molecule has 0 aromatic heterocycles. The normalized spacial score (nSPS) is 12.8. The maximum atomic E-state index is 12.8. The molecule has 6 heteroatoms. The standard InChI is InChI=1S/C61H102O6/c1-4-7-10-13-16-19-22-25-28-30-31-32-34-36-39-42-45-48-51-54-60(63)66-57-58(56-65-59(62)53-50-47-44-41-38-35-27-24-21-18-15-12-9-6-3)67-61(64)55-52-49-46-43-40-37-33-29-26-23-20-17-14-11-8-5-2/h7,10,15-16,18-19,24-25,27-28,31-32,36,39,45,48,58H,4-6,8-9,11-14,17,20-23,26,29-30,33-35,37-38,40-44,46-47,49-57H2,1-3H3/b10-7-,18-15-,19-16-,27-24-,28-25-,32-31-,39-36-,48-45-/t58-/m1/s1. The third-order valence-corrected chi connectivity index (χ3v) is 11.6. The van der Waals surface area contributed by atoms with Gasteiger partial charge in [0.25, 0.3) is 0 Å². The molecule has 6 nitrogen and oxygen atoms in total. The average molecular weight is 931 g/mol. The zero-order valence-electron chi connectivity index (χ0n) is 43.6. The second-order valence-electron chi connectivity index (χ2n) is 18.1. The highest BCUT2D eigenvalue weighted by Gasteiger charge is 2.19. The highest BCUT2D eigenvalue weighted by atomic mass is 16.6. The maximum Gasteiger partial charge on any atom is 0.306 e. The zero-order chi connectivity index (χ0) is 48.6. The Hall–Kier alpha value is -3.67. The Morgan fingerprint density at radius 3 is 1.04 bits per heavy atom. The number of hydrogen-bond acceptors (Lipinski definition) is 6. The largest absolute Gasteiger partial charge is 0.462 e. The van der Waals surface area contributed by atoms with E-state index in [2.05, 4.69) is 112 Å². The minimum absolute atomic E-state index is 0.107. The van der Waals surface area contributed by atoms with E-state index in [0.29, 0.717) is 19.3 Å². The van der Waals surface area contributed by atoms with Gasteiger partial charge in [0.15, 0.2) is 6.10 Å². The van der Waals surface area contributed by atoms with Crippen molar-refractivity contribution in [3.8, 4) is 0 Å². The number of ether oxygens (including phenoxy) is 3. The Kier molecular flexibility index (Phi) is 51.9. The fourth-order valence-electron chi connectivity index (χ4n) is 7.43. The Labute approximate surface area is 413 Å². The van der Waals surface area contributed by atoms with Crippen LogP contribution >= 0.6 is 0 Å². The van der Waals surface area contributed by atoms with Crippen molar-refractivity contribution in [3.63, 3.8) is 0 Å². The van der Waals surface area contributed by atoms with Gasteiger partial charge in [0, 0.05) is 19.3 Å². The number of carbonyl (C=O) groups is 3. The summed E-state index contributed by atoms with van der Waals surface area (Å²) >= 11 is 0. The predicted octanol–water partition coefficient (Wildman–Crippen LogP) is 18.5. The fraction of sp³-hybridized carbons (Fsp3) is 0.689. The average Bonchev–Trinajstić information content (AvgIpc) is 3.33. The van der Waals surface area contributed by atoms with Crippen LogP contribution < -0.4 is 0 Å². The van der Waals surface area contributed by atoms with E-state index >= 15 is 0 Å². The molecule has 382 valence electrons. The Morgan fingerprint density at radius 2 is 0.627 bits per heavy atom. The van der Waals surface area contributed by atoms with Crippen LogP contribution in [0.3, 0.4) is 0 Å². The van der Waals surface area contributed by atoms with Crippen molar-refractivity contribution in [3.05, 3.63) is 97.2 Å². The molecule has 0 radical (unpaired) electrons. The van der Waals surface area contributed by atoms with E-state index in [0.717, 1.165) is 103 Å². The molecule has 0 aliphatic carbocycles. The van der Waals surface area contributed by atoms with Crippen molar-refractivity contribution in [2.75, 3.05) is 13.2 Å². The molecule has 0 spiro atoms. The molecule has 0 fully saturated rings. The van der Waals surface area contributed by atoms with Gasteiger partial charge in [-0.05, 0) is 83.5 Å². The summed E-state index contributed by atoms with van der Waals surface area (Å²) in [5, 5.41) is 0. The highest BCUT2D eigenvalue weighted by molar-refractivity contribution is 5.71. The Balaban J connectivity index is 4.51. The third-order valence-electron chi connectivity index (χ3n) is 11.6. The van der Waals surface area contributed by atoms with Crippen LogP contribution in [0.2, 0.25) is 0 Å². The molecule has 0 saturated carbocycles. The van der Waals surface area contributed by atoms with Crippen LogP contribution in [0.4, 0.5) is 0 Å². The lowest BCUT2D eigenvalue weighted by molar-refractivity contribution is -0.166. The van der Waals surface area contributed by atoms with E-state index in [-0.39, 0.29) is 37.5 Å². The van der Waals surface area contributed by atoms with Gasteiger partial charge in [0.2, 0.25) is 0 Å². The van der Waals surface area contributed by atoms with E-state index in [1.54, 1.807) is 0 Å². The van der Waals surface area contributed by atoms with Crippen LogP contribution in [-0.4, -0.2) is 37.2 Å². The summed E-state index contributed by atoms with van der Waals surface area (Å²) in [6.07, 6.45) is 72.6. The van der Waals surface area contributed by atoms with Crippen molar-refractivity contribution in [2.24, 2.45) is 0 Å². The molecular weight excluding hydrogens is 829 g/mol. The summed E-state index contributed by atoms with van der Waals surface area (Å²) in [4.78, 5) is 38.1. The van der Waals surface area contributed by atoms with E-state index < -0.39 is 6.10 Å². The van der Waals surface area contributed by atoms with Gasteiger partial charge in [-0.1, -0.05) is 246 Å². The van der Waals surface area contributed by atoms with Crippen LogP contribution in [0.15, 0.2) is 97.2 Å². The number of hydrogen-bond donors (Lipinski definition) is 0. The van der Waals surface area contributed by atoms with Gasteiger partial charge >= 0.3 is 17.9 Å². The number of esters is 3. The summed E-state index contributed by atoms with van der Waals surface area (Å²) in [5.74, 6) is -1.00. The molecule has 0 rings (SSSR count). The quantitative estimate of drug-likeness (QED) is 0.0262. The number of rotatable bonds is 49. The maximum absolute atomic E-state index is 12.8. The predicted molar refractivity (Wildman–Crippen MR) is 288 cm³/mol. The topological polar surface area (TPSA) is 78.9 Å². The lowest BCUT2D eigenvalue weighted by Crippen LogP contribution is -2.30. The van der Waals surface area contributed by atoms with E-state index in [1.807, 2.05) is 6.08 Å². The summed E-state index contributed by atoms with van der Waals surface area (Å²) in [6.45, 7) is 6.42. The first-order valence-corrected chi connectivity index (χ1v) is 27.7.